The van der Waals surface area contributed by atoms with E-state index in [0.717, 1.165) is 18.4 Å². The Bertz CT molecular complexity index is 185. The molecule has 0 bridgehead atoms. The van der Waals surface area contributed by atoms with Crippen LogP contribution in [0, 0.1) is 0 Å². The number of rotatable bonds is 6. The van der Waals surface area contributed by atoms with Crippen LogP contribution in [0.5, 0.6) is 0 Å². The second kappa shape index (κ2) is 5.46. The number of allylic oxidation sites excluding steroid dienone is 2. The lowest BCUT2D eigenvalue weighted by Gasteiger charge is -2.28. The third kappa shape index (κ3) is 4.49. The number of ether oxygens (including phenoxy) is 1. The molecule has 0 aliphatic rings. The Kier molecular flexibility index (Phi) is 5.34. The smallest absolute Gasteiger partial charge is 0.0785 e. The summed E-state index contributed by atoms with van der Waals surface area (Å²) in [7, 11) is 1.68. The molecule has 0 aliphatic carbocycles. The first-order chi connectivity index (χ1) is 5.94. The highest BCUT2D eigenvalue weighted by Gasteiger charge is 2.26. The molecule has 0 saturated carbocycles. The van der Waals surface area contributed by atoms with E-state index >= 15 is 0 Å². The molecule has 2 heteroatoms. The van der Waals surface area contributed by atoms with Crippen LogP contribution >= 0.6 is 11.6 Å². The minimum Gasteiger partial charge on any atom is -0.377 e. The van der Waals surface area contributed by atoms with E-state index in [9.17, 15) is 0 Å². The van der Waals surface area contributed by atoms with Gasteiger partial charge in [0.15, 0.2) is 0 Å². The maximum Gasteiger partial charge on any atom is 0.0785 e. The van der Waals surface area contributed by atoms with Gasteiger partial charge in [0.25, 0.3) is 0 Å². The van der Waals surface area contributed by atoms with Crippen LogP contribution < -0.4 is 0 Å². The first kappa shape index (κ1) is 12.7. The molecule has 0 amide bonds. The van der Waals surface area contributed by atoms with Crippen LogP contribution in [0.1, 0.15) is 26.7 Å². The molecule has 0 aliphatic heterocycles. The van der Waals surface area contributed by atoms with Gasteiger partial charge in [0.1, 0.15) is 0 Å². The summed E-state index contributed by atoms with van der Waals surface area (Å²) in [5.74, 6) is 0. The molecule has 13 heavy (non-hydrogen) atoms. The molecule has 0 rings (SSSR count). The standard InChI is InChI=1S/C11H19ClO/c1-6-9(2)7-8-10(12)11(3,4)13-5/h6,10H,1-2,7-8H2,3-5H3. The third-order valence-electron chi connectivity index (χ3n) is 2.29. The predicted octanol–water partition coefficient (Wildman–Crippen LogP) is 3.54. The summed E-state index contributed by atoms with van der Waals surface area (Å²) >= 11 is 6.17. The van der Waals surface area contributed by atoms with Gasteiger partial charge in [0.2, 0.25) is 0 Å². The van der Waals surface area contributed by atoms with Crippen molar-refractivity contribution in [1.82, 2.24) is 0 Å². The molecular formula is C11H19ClO. The normalized spacial score (nSPS) is 13.8. The number of hydrogen-bond donors (Lipinski definition) is 0. The summed E-state index contributed by atoms with van der Waals surface area (Å²) in [6.45, 7) is 11.5. The maximum absolute atomic E-state index is 6.17. The fourth-order valence-electron chi connectivity index (χ4n) is 0.890. The Hall–Kier alpha value is -0.270. The van der Waals surface area contributed by atoms with Crippen molar-refractivity contribution in [3.8, 4) is 0 Å². The number of alkyl halides is 1. The number of hydrogen-bond acceptors (Lipinski definition) is 1. The van der Waals surface area contributed by atoms with Crippen molar-refractivity contribution in [2.75, 3.05) is 7.11 Å². The van der Waals surface area contributed by atoms with Crippen molar-refractivity contribution in [2.45, 2.75) is 37.7 Å². The molecule has 1 nitrogen and oxygen atoms in total. The maximum atomic E-state index is 6.17. The summed E-state index contributed by atoms with van der Waals surface area (Å²) in [6, 6.07) is 0. The fourth-order valence-corrected chi connectivity index (χ4v) is 1.09. The van der Waals surface area contributed by atoms with Crippen LogP contribution in [-0.2, 0) is 4.74 Å². The van der Waals surface area contributed by atoms with Crippen molar-refractivity contribution in [2.24, 2.45) is 0 Å². The Labute approximate surface area is 86.4 Å². The lowest BCUT2D eigenvalue weighted by atomic mass is 9.98. The van der Waals surface area contributed by atoms with Crippen molar-refractivity contribution in [3.63, 3.8) is 0 Å². The topological polar surface area (TPSA) is 9.23 Å². The van der Waals surface area contributed by atoms with E-state index < -0.39 is 0 Å². The van der Waals surface area contributed by atoms with Gasteiger partial charge in [-0.05, 0) is 26.7 Å². The van der Waals surface area contributed by atoms with E-state index in [1.807, 2.05) is 13.8 Å². The van der Waals surface area contributed by atoms with E-state index in [1.165, 1.54) is 0 Å². The average Bonchev–Trinajstić information content (AvgIpc) is 2.13. The molecule has 0 N–H and O–H groups in total. The number of methoxy groups -OCH3 is 1. The fraction of sp³-hybridized carbons (Fsp3) is 0.636. The zero-order valence-electron chi connectivity index (χ0n) is 8.77. The van der Waals surface area contributed by atoms with E-state index in [0.29, 0.717) is 0 Å². The Morgan fingerprint density at radius 3 is 2.54 bits per heavy atom. The second-order valence-corrected chi connectivity index (χ2v) is 4.20. The summed E-state index contributed by atoms with van der Waals surface area (Å²) < 4.78 is 5.28. The first-order valence-electron chi connectivity index (χ1n) is 4.43. The lowest BCUT2D eigenvalue weighted by Crippen LogP contribution is -2.34. The zero-order chi connectivity index (χ0) is 10.5. The highest BCUT2D eigenvalue weighted by Crippen LogP contribution is 2.24. The molecule has 0 aromatic heterocycles. The van der Waals surface area contributed by atoms with Crippen LogP contribution in [0.3, 0.4) is 0 Å². The van der Waals surface area contributed by atoms with Gasteiger partial charge in [-0.15, -0.1) is 11.6 Å². The van der Waals surface area contributed by atoms with Crippen LogP contribution in [0.25, 0.3) is 0 Å². The van der Waals surface area contributed by atoms with Crippen LogP contribution in [-0.4, -0.2) is 18.1 Å². The van der Waals surface area contributed by atoms with Gasteiger partial charge in [-0.2, -0.15) is 0 Å². The van der Waals surface area contributed by atoms with E-state index in [4.69, 9.17) is 16.3 Å². The van der Waals surface area contributed by atoms with Crippen molar-refractivity contribution < 1.29 is 4.74 Å². The molecule has 0 spiro atoms. The Morgan fingerprint density at radius 2 is 2.15 bits per heavy atom. The average molecular weight is 203 g/mol. The van der Waals surface area contributed by atoms with Gasteiger partial charge in [0, 0.05) is 7.11 Å². The van der Waals surface area contributed by atoms with Crippen molar-refractivity contribution >= 4 is 11.6 Å². The molecule has 0 aromatic rings. The largest absolute Gasteiger partial charge is 0.377 e. The van der Waals surface area contributed by atoms with Gasteiger partial charge >= 0.3 is 0 Å². The van der Waals surface area contributed by atoms with Crippen molar-refractivity contribution in [3.05, 3.63) is 24.8 Å². The monoisotopic (exact) mass is 202 g/mol. The van der Waals surface area contributed by atoms with E-state index in [1.54, 1.807) is 13.2 Å². The molecule has 1 unspecified atom stereocenters. The van der Waals surface area contributed by atoms with Gasteiger partial charge in [-0.25, -0.2) is 0 Å². The highest BCUT2D eigenvalue weighted by atomic mass is 35.5. The van der Waals surface area contributed by atoms with Gasteiger partial charge in [-0.1, -0.05) is 24.8 Å². The minimum absolute atomic E-state index is 0.00852. The van der Waals surface area contributed by atoms with Gasteiger partial charge in [0.05, 0.1) is 11.0 Å². The minimum atomic E-state index is -0.275. The van der Waals surface area contributed by atoms with Gasteiger partial charge < -0.3 is 4.74 Å². The highest BCUT2D eigenvalue weighted by molar-refractivity contribution is 6.21. The summed E-state index contributed by atoms with van der Waals surface area (Å²) in [6.07, 6.45) is 3.51. The summed E-state index contributed by atoms with van der Waals surface area (Å²) in [4.78, 5) is 0. The van der Waals surface area contributed by atoms with Crippen LogP contribution in [0.4, 0.5) is 0 Å². The Balaban J connectivity index is 3.93. The van der Waals surface area contributed by atoms with E-state index in [2.05, 4.69) is 13.2 Å². The molecule has 0 fully saturated rings. The second-order valence-electron chi connectivity index (χ2n) is 3.68. The molecule has 0 aromatic carbocycles. The molecule has 0 heterocycles. The van der Waals surface area contributed by atoms with Crippen LogP contribution in [0.15, 0.2) is 24.8 Å². The zero-order valence-corrected chi connectivity index (χ0v) is 9.53. The lowest BCUT2D eigenvalue weighted by molar-refractivity contribution is 0.0175. The SMILES string of the molecule is C=CC(=C)CCC(Cl)C(C)(C)OC. The van der Waals surface area contributed by atoms with Crippen molar-refractivity contribution in [1.29, 1.82) is 0 Å². The molecule has 1 atom stereocenters. The third-order valence-corrected chi connectivity index (χ3v) is 3.03. The van der Waals surface area contributed by atoms with Gasteiger partial charge in [-0.3, -0.25) is 0 Å². The number of halogens is 1. The Morgan fingerprint density at radius 1 is 1.62 bits per heavy atom. The molecule has 76 valence electrons. The summed E-state index contributed by atoms with van der Waals surface area (Å²) in [5.41, 5.74) is 0.751. The molecule has 0 saturated heterocycles. The summed E-state index contributed by atoms with van der Waals surface area (Å²) in [5, 5.41) is 0.00852. The predicted molar refractivity (Wildman–Crippen MR) is 59.3 cm³/mol. The molecule has 0 radical (unpaired) electrons. The first-order valence-corrected chi connectivity index (χ1v) is 4.87. The molecular weight excluding hydrogens is 184 g/mol. The quantitative estimate of drug-likeness (QED) is 0.473. The van der Waals surface area contributed by atoms with E-state index in [-0.39, 0.29) is 11.0 Å². The van der Waals surface area contributed by atoms with Crippen LogP contribution in [0.2, 0.25) is 0 Å².